The van der Waals surface area contributed by atoms with Crippen molar-refractivity contribution in [2.75, 3.05) is 6.61 Å². The summed E-state index contributed by atoms with van der Waals surface area (Å²) in [4.78, 5) is 26.1. The van der Waals surface area contributed by atoms with Crippen molar-refractivity contribution in [2.24, 2.45) is 0 Å². The van der Waals surface area contributed by atoms with Crippen molar-refractivity contribution in [3.63, 3.8) is 0 Å². The van der Waals surface area contributed by atoms with E-state index in [4.69, 9.17) is 4.74 Å². The van der Waals surface area contributed by atoms with E-state index in [9.17, 15) is 19.8 Å². The number of hydrogen-bond acceptors (Lipinski definition) is 5. The van der Waals surface area contributed by atoms with Crippen LogP contribution >= 0.6 is 0 Å². The summed E-state index contributed by atoms with van der Waals surface area (Å²) in [6.07, 6.45) is 57.7. The van der Waals surface area contributed by atoms with Crippen LogP contribution in [0.3, 0.4) is 0 Å². The minimum atomic E-state index is -0.791. The molecule has 0 spiro atoms. The zero-order valence-corrected chi connectivity index (χ0v) is 40.8. The summed E-state index contributed by atoms with van der Waals surface area (Å²) in [6, 6.07) is -0.706. The first kappa shape index (κ1) is 59.1. The minimum absolute atomic E-state index is 0.0672. The predicted octanol–water partition coefficient (Wildman–Crippen LogP) is 16.1. The number of unbranched alkanes of at least 4 members (excludes halogenated alkanes) is 30. The Morgan fingerprint density at radius 3 is 1.30 bits per heavy atom. The smallest absolute Gasteiger partial charge is 0.306 e. The molecule has 61 heavy (non-hydrogen) atoms. The van der Waals surface area contributed by atoms with E-state index in [0.29, 0.717) is 19.3 Å². The highest BCUT2D eigenvalue weighted by molar-refractivity contribution is 5.77. The zero-order chi connectivity index (χ0) is 44.5. The van der Waals surface area contributed by atoms with Gasteiger partial charge in [-0.15, -0.1) is 0 Å². The van der Waals surface area contributed by atoms with Gasteiger partial charge in [-0.25, -0.2) is 0 Å². The fourth-order valence-corrected chi connectivity index (χ4v) is 8.10. The fourth-order valence-electron chi connectivity index (χ4n) is 8.10. The number of aliphatic hydroxyl groups excluding tert-OH is 2. The largest absolute Gasteiger partial charge is 0.462 e. The third-order valence-corrected chi connectivity index (χ3v) is 12.2. The Morgan fingerprint density at radius 1 is 0.475 bits per heavy atom. The molecule has 0 aliphatic carbocycles. The van der Waals surface area contributed by atoms with E-state index < -0.39 is 18.2 Å². The Bertz CT molecular complexity index is 1010. The molecule has 3 atom stereocenters. The van der Waals surface area contributed by atoms with Crippen molar-refractivity contribution in [2.45, 2.75) is 296 Å². The number of nitrogens with one attached hydrogen (secondary N) is 1. The number of carbonyl (C=O) groups excluding carboxylic acids is 2. The number of allylic oxidation sites excluding steroid dienone is 6. The van der Waals surface area contributed by atoms with E-state index in [-0.39, 0.29) is 24.9 Å². The molecule has 0 saturated heterocycles. The van der Waals surface area contributed by atoms with Gasteiger partial charge in [-0.05, 0) is 83.5 Å². The van der Waals surface area contributed by atoms with Crippen LogP contribution in [-0.2, 0) is 14.3 Å². The first-order chi connectivity index (χ1) is 30.0. The monoisotopic (exact) mass is 858 g/mol. The molecule has 0 aromatic heterocycles. The number of hydrogen-bond donors (Lipinski definition) is 3. The molecule has 6 heteroatoms. The van der Waals surface area contributed by atoms with E-state index in [2.05, 4.69) is 62.5 Å². The maximum Gasteiger partial charge on any atom is 0.306 e. The van der Waals surface area contributed by atoms with Gasteiger partial charge in [0.25, 0.3) is 0 Å². The minimum Gasteiger partial charge on any atom is -0.462 e. The molecule has 0 aliphatic rings. The van der Waals surface area contributed by atoms with Crippen LogP contribution in [0.1, 0.15) is 278 Å². The molecule has 0 bridgehead atoms. The normalized spacial score (nSPS) is 13.5. The van der Waals surface area contributed by atoms with Gasteiger partial charge in [0, 0.05) is 6.42 Å². The highest BCUT2D eigenvalue weighted by atomic mass is 16.5. The lowest BCUT2D eigenvalue weighted by atomic mass is 10.0. The lowest BCUT2D eigenvalue weighted by Gasteiger charge is -2.24. The maximum absolute atomic E-state index is 13.2. The molecule has 0 aromatic rings. The van der Waals surface area contributed by atoms with Crippen molar-refractivity contribution in [3.8, 4) is 0 Å². The second-order valence-corrected chi connectivity index (χ2v) is 18.3. The summed E-state index contributed by atoms with van der Waals surface area (Å²) in [5, 5.41) is 23.8. The molecule has 0 rings (SSSR count). The number of carbonyl (C=O) groups is 2. The van der Waals surface area contributed by atoms with Crippen molar-refractivity contribution in [1.82, 2.24) is 5.32 Å². The van der Waals surface area contributed by atoms with Gasteiger partial charge in [0.05, 0.1) is 25.2 Å². The molecule has 0 radical (unpaired) electrons. The Balaban J connectivity index is 4.57. The summed E-state index contributed by atoms with van der Waals surface area (Å²) in [6.45, 7) is 6.45. The molecule has 0 aromatic carbocycles. The summed E-state index contributed by atoms with van der Waals surface area (Å²) in [5.74, 6) is -0.489. The van der Waals surface area contributed by atoms with E-state index in [1.54, 1.807) is 0 Å². The second kappa shape index (κ2) is 49.1. The summed E-state index contributed by atoms with van der Waals surface area (Å²) >= 11 is 0. The van der Waals surface area contributed by atoms with Gasteiger partial charge in [0.15, 0.2) is 0 Å². The molecule has 358 valence electrons. The number of esters is 1. The van der Waals surface area contributed by atoms with Gasteiger partial charge in [-0.2, -0.15) is 0 Å². The van der Waals surface area contributed by atoms with Crippen molar-refractivity contribution < 1.29 is 24.5 Å². The fraction of sp³-hybridized carbons (Fsp3) is 0.855. The molecule has 1 amide bonds. The summed E-state index contributed by atoms with van der Waals surface area (Å²) < 4.78 is 5.93. The summed E-state index contributed by atoms with van der Waals surface area (Å²) in [5.41, 5.74) is 0. The SMILES string of the molecule is CCCCC/C=C\C/C=C\CCCCCCCC(CC(=O)NC(CO)C(O)CCCCCCCCCCCCCCCCC)OC(=O)CCCCCCC/C=C\CCCCC. The topological polar surface area (TPSA) is 95.9 Å². The van der Waals surface area contributed by atoms with Crippen molar-refractivity contribution >= 4 is 11.9 Å². The molecule has 0 saturated carbocycles. The quantitative estimate of drug-likeness (QED) is 0.0322. The van der Waals surface area contributed by atoms with Crippen LogP contribution in [0.4, 0.5) is 0 Å². The van der Waals surface area contributed by atoms with Crippen LogP contribution in [0.2, 0.25) is 0 Å². The Morgan fingerprint density at radius 2 is 0.836 bits per heavy atom. The van der Waals surface area contributed by atoms with Gasteiger partial charge in [0.1, 0.15) is 6.10 Å². The maximum atomic E-state index is 13.2. The van der Waals surface area contributed by atoms with Crippen LogP contribution in [0.15, 0.2) is 36.5 Å². The molecule has 3 unspecified atom stereocenters. The zero-order valence-electron chi connectivity index (χ0n) is 40.8. The average Bonchev–Trinajstić information content (AvgIpc) is 3.25. The Hall–Kier alpha value is -1.92. The highest BCUT2D eigenvalue weighted by Crippen LogP contribution is 2.18. The van der Waals surface area contributed by atoms with Gasteiger partial charge in [0.2, 0.25) is 5.91 Å². The standard InChI is InChI=1S/C55H103NO5/c1-4-7-10-13-16-19-22-25-27-29-31-34-37-40-43-46-51(61-55(60)48-45-42-39-36-33-24-21-18-15-12-9-6-3)49-54(59)56-52(50-57)53(58)47-44-41-38-35-32-30-28-26-23-20-17-14-11-8-5-2/h16,18-19,21,25,27,51-53,57-58H,4-15,17,20,22-24,26,28-50H2,1-3H3,(H,56,59)/b19-16-,21-18-,27-25-. The van der Waals surface area contributed by atoms with Gasteiger partial charge in [-0.1, -0.05) is 218 Å². The van der Waals surface area contributed by atoms with Gasteiger partial charge in [-0.3, -0.25) is 9.59 Å². The van der Waals surface area contributed by atoms with Crippen LogP contribution in [0.5, 0.6) is 0 Å². The van der Waals surface area contributed by atoms with Gasteiger partial charge >= 0.3 is 5.97 Å². The summed E-state index contributed by atoms with van der Waals surface area (Å²) in [7, 11) is 0. The second-order valence-electron chi connectivity index (χ2n) is 18.3. The Kier molecular flexibility index (Phi) is 47.6. The predicted molar refractivity (Wildman–Crippen MR) is 264 cm³/mol. The average molecular weight is 858 g/mol. The van der Waals surface area contributed by atoms with Crippen LogP contribution < -0.4 is 5.32 Å². The number of amides is 1. The van der Waals surface area contributed by atoms with Crippen molar-refractivity contribution in [1.29, 1.82) is 0 Å². The molecular weight excluding hydrogens is 755 g/mol. The highest BCUT2D eigenvalue weighted by Gasteiger charge is 2.24. The van der Waals surface area contributed by atoms with Crippen LogP contribution in [0, 0.1) is 0 Å². The van der Waals surface area contributed by atoms with Crippen LogP contribution in [-0.4, -0.2) is 46.9 Å². The molecule has 0 aliphatic heterocycles. The molecule has 0 heterocycles. The lowest BCUT2D eigenvalue weighted by molar-refractivity contribution is -0.151. The Labute approximate surface area is 379 Å². The first-order valence-corrected chi connectivity index (χ1v) is 26.7. The molecular formula is C55H103NO5. The number of rotatable bonds is 48. The third kappa shape index (κ3) is 44.5. The first-order valence-electron chi connectivity index (χ1n) is 26.7. The van der Waals surface area contributed by atoms with E-state index in [1.165, 1.54) is 161 Å². The van der Waals surface area contributed by atoms with E-state index in [0.717, 1.165) is 70.6 Å². The lowest BCUT2D eigenvalue weighted by Crippen LogP contribution is -2.46. The third-order valence-electron chi connectivity index (χ3n) is 12.2. The van der Waals surface area contributed by atoms with E-state index in [1.807, 2.05) is 0 Å². The molecule has 6 nitrogen and oxygen atoms in total. The molecule has 3 N–H and O–H groups in total. The molecule has 0 fully saturated rings. The number of aliphatic hydroxyl groups is 2. The van der Waals surface area contributed by atoms with Crippen molar-refractivity contribution in [3.05, 3.63) is 36.5 Å². The number of ether oxygens (including phenoxy) is 1. The van der Waals surface area contributed by atoms with Crippen LogP contribution in [0.25, 0.3) is 0 Å². The van der Waals surface area contributed by atoms with E-state index >= 15 is 0 Å². The van der Waals surface area contributed by atoms with Gasteiger partial charge < -0.3 is 20.3 Å².